The molecule has 5 aromatic rings. The number of halogens is 1. The Balaban J connectivity index is 1.26. The Kier molecular flexibility index (Phi) is 7.28. The molecule has 11 heteroatoms. The molecule has 1 aliphatic heterocycles. The molecule has 42 heavy (non-hydrogen) atoms. The molecule has 0 aliphatic carbocycles. The monoisotopic (exact) mass is 586 g/mol. The van der Waals surface area contributed by atoms with Crippen molar-refractivity contribution in [1.29, 1.82) is 0 Å². The molecule has 3 aromatic heterocycles. The minimum atomic E-state index is -0.361. The van der Waals surface area contributed by atoms with Crippen molar-refractivity contribution in [2.24, 2.45) is 0 Å². The maximum Gasteiger partial charge on any atom is 0.268 e. The maximum atomic E-state index is 14.0. The number of aryl methyl sites for hydroxylation is 3. The SMILES string of the molecule is COc1ccccc1N1CCN(C(=O)Cc2csc3nc(C)c(-c4cc(C)n(-c5cc(F)ccc5C)n4)c(=O)n23)CC1. The fourth-order valence-corrected chi connectivity index (χ4v) is 6.46. The van der Waals surface area contributed by atoms with Crippen LogP contribution in [0.2, 0.25) is 0 Å². The molecule has 1 amide bonds. The van der Waals surface area contributed by atoms with Crippen molar-refractivity contribution >= 4 is 27.9 Å². The number of thiazole rings is 1. The van der Waals surface area contributed by atoms with Crippen LogP contribution in [0.15, 0.2) is 58.7 Å². The first-order valence-corrected chi connectivity index (χ1v) is 14.6. The first-order valence-electron chi connectivity index (χ1n) is 13.7. The van der Waals surface area contributed by atoms with E-state index in [4.69, 9.17) is 4.74 Å². The molecule has 1 aliphatic rings. The number of hydrogen-bond donors (Lipinski definition) is 0. The zero-order valence-electron chi connectivity index (χ0n) is 23.9. The quantitative estimate of drug-likeness (QED) is 0.290. The molecule has 0 unspecified atom stereocenters. The lowest BCUT2D eigenvalue weighted by Crippen LogP contribution is -2.49. The molecule has 0 spiro atoms. The van der Waals surface area contributed by atoms with Gasteiger partial charge in [0.05, 0.1) is 36.2 Å². The summed E-state index contributed by atoms with van der Waals surface area (Å²) in [5.74, 6) is 0.413. The van der Waals surface area contributed by atoms with Gasteiger partial charge in [-0.3, -0.25) is 14.0 Å². The molecule has 0 atom stereocenters. The normalized spacial score (nSPS) is 13.6. The topological polar surface area (TPSA) is 85.0 Å². The number of fused-ring (bicyclic) bond motifs is 1. The second-order valence-electron chi connectivity index (χ2n) is 10.5. The molecule has 216 valence electrons. The Bertz CT molecular complexity index is 1870. The second kappa shape index (κ2) is 11.1. The van der Waals surface area contributed by atoms with Gasteiger partial charge in [0.1, 0.15) is 17.3 Å². The van der Waals surface area contributed by atoms with Crippen molar-refractivity contribution in [3.05, 3.63) is 92.7 Å². The van der Waals surface area contributed by atoms with Crippen LogP contribution in [-0.4, -0.2) is 63.3 Å². The zero-order chi connectivity index (χ0) is 29.5. The number of aromatic nitrogens is 4. The van der Waals surface area contributed by atoms with E-state index in [9.17, 15) is 14.0 Å². The van der Waals surface area contributed by atoms with Gasteiger partial charge in [-0.25, -0.2) is 14.1 Å². The number of carbonyl (C=O) groups is 1. The largest absolute Gasteiger partial charge is 0.495 e. The zero-order valence-corrected chi connectivity index (χ0v) is 24.7. The summed E-state index contributed by atoms with van der Waals surface area (Å²) >= 11 is 1.34. The molecule has 1 fully saturated rings. The number of hydrogen-bond acceptors (Lipinski definition) is 7. The number of ether oxygens (including phenoxy) is 1. The van der Waals surface area contributed by atoms with Gasteiger partial charge < -0.3 is 14.5 Å². The lowest BCUT2D eigenvalue weighted by atomic mass is 10.1. The third-order valence-electron chi connectivity index (χ3n) is 7.75. The number of benzene rings is 2. The molecule has 0 N–H and O–H groups in total. The lowest BCUT2D eigenvalue weighted by molar-refractivity contribution is -0.130. The van der Waals surface area contributed by atoms with Crippen LogP contribution in [0.1, 0.15) is 22.6 Å². The summed E-state index contributed by atoms with van der Waals surface area (Å²) in [6.07, 6.45) is 0.0920. The third-order valence-corrected chi connectivity index (χ3v) is 8.63. The molecule has 2 aromatic carbocycles. The molecule has 9 nitrogen and oxygen atoms in total. The number of piperazine rings is 1. The first-order chi connectivity index (χ1) is 20.2. The fourth-order valence-electron chi connectivity index (χ4n) is 5.53. The number of amides is 1. The molecule has 6 rings (SSSR count). The summed E-state index contributed by atoms with van der Waals surface area (Å²) in [5.41, 5.74) is 4.94. The summed E-state index contributed by atoms with van der Waals surface area (Å²) in [5, 5.41) is 6.51. The average Bonchev–Trinajstić information content (AvgIpc) is 3.57. The molecule has 0 bridgehead atoms. The average molecular weight is 587 g/mol. The van der Waals surface area contributed by atoms with Crippen LogP contribution < -0.4 is 15.2 Å². The molecule has 1 saturated heterocycles. The van der Waals surface area contributed by atoms with E-state index >= 15 is 0 Å². The maximum absolute atomic E-state index is 14.0. The molecule has 0 saturated carbocycles. The highest BCUT2D eigenvalue weighted by Crippen LogP contribution is 2.29. The van der Waals surface area contributed by atoms with E-state index in [1.165, 1.54) is 27.9 Å². The highest BCUT2D eigenvalue weighted by atomic mass is 32.1. The molecule has 0 radical (unpaired) electrons. The lowest BCUT2D eigenvalue weighted by Gasteiger charge is -2.36. The minimum Gasteiger partial charge on any atom is -0.495 e. The number of para-hydroxylation sites is 2. The predicted molar refractivity (Wildman–Crippen MR) is 162 cm³/mol. The van der Waals surface area contributed by atoms with E-state index in [0.29, 0.717) is 59.5 Å². The highest BCUT2D eigenvalue weighted by molar-refractivity contribution is 7.15. The summed E-state index contributed by atoms with van der Waals surface area (Å²) in [6.45, 7) is 8.06. The van der Waals surface area contributed by atoms with Gasteiger partial charge in [-0.1, -0.05) is 18.2 Å². The van der Waals surface area contributed by atoms with Gasteiger partial charge in [-0.15, -0.1) is 11.3 Å². The van der Waals surface area contributed by atoms with Gasteiger partial charge in [0.2, 0.25) is 5.91 Å². The first kappa shape index (κ1) is 27.6. The van der Waals surface area contributed by atoms with Crippen LogP contribution in [0.5, 0.6) is 5.75 Å². The second-order valence-corrected chi connectivity index (χ2v) is 11.3. The number of carbonyl (C=O) groups excluding carboxylic acids is 1. The van der Waals surface area contributed by atoms with Crippen LogP contribution in [0.25, 0.3) is 21.9 Å². The van der Waals surface area contributed by atoms with Crippen LogP contribution in [0, 0.1) is 26.6 Å². The van der Waals surface area contributed by atoms with Crippen molar-refractivity contribution in [2.45, 2.75) is 27.2 Å². The Morgan fingerprint density at radius 2 is 1.79 bits per heavy atom. The van der Waals surface area contributed by atoms with Gasteiger partial charge in [-0.2, -0.15) is 5.10 Å². The Morgan fingerprint density at radius 3 is 2.55 bits per heavy atom. The summed E-state index contributed by atoms with van der Waals surface area (Å²) in [7, 11) is 1.66. The molecule has 4 heterocycles. The van der Waals surface area contributed by atoms with E-state index in [1.54, 1.807) is 30.8 Å². The van der Waals surface area contributed by atoms with Crippen molar-refractivity contribution < 1.29 is 13.9 Å². The smallest absolute Gasteiger partial charge is 0.268 e. The molecular weight excluding hydrogens is 555 g/mol. The van der Waals surface area contributed by atoms with E-state index in [-0.39, 0.29) is 23.7 Å². The fraction of sp³-hybridized carbons (Fsp3) is 0.290. The van der Waals surface area contributed by atoms with Crippen molar-refractivity contribution in [1.82, 2.24) is 24.1 Å². The van der Waals surface area contributed by atoms with Gasteiger partial charge in [0.25, 0.3) is 5.56 Å². The third kappa shape index (κ3) is 4.94. The standard InChI is InChI=1S/C31H31FN6O3S/c1-19-9-10-22(32)16-26(19)38-20(2)15-24(34-38)29-21(3)33-31-37(30(29)40)23(18-42-31)17-28(39)36-13-11-35(12-14-36)25-7-5-6-8-27(25)41-4/h5-10,15-16,18H,11-14,17H2,1-4H3. The van der Waals surface area contributed by atoms with E-state index < -0.39 is 0 Å². The van der Waals surface area contributed by atoms with Crippen molar-refractivity contribution in [3.8, 4) is 22.7 Å². The number of rotatable bonds is 6. The van der Waals surface area contributed by atoms with Crippen LogP contribution in [0.4, 0.5) is 10.1 Å². The van der Waals surface area contributed by atoms with E-state index in [1.807, 2.05) is 48.4 Å². The number of nitrogens with zero attached hydrogens (tertiary/aromatic N) is 6. The van der Waals surface area contributed by atoms with Gasteiger partial charge in [-0.05, 0) is 56.7 Å². The Labute approximate surface area is 246 Å². The summed E-state index contributed by atoms with van der Waals surface area (Å²) in [4.78, 5) is 36.6. The predicted octanol–water partition coefficient (Wildman–Crippen LogP) is 4.57. The summed E-state index contributed by atoms with van der Waals surface area (Å²) < 4.78 is 22.7. The van der Waals surface area contributed by atoms with Crippen LogP contribution >= 0.6 is 11.3 Å². The molecular formula is C31H31FN6O3S. The van der Waals surface area contributed by atoms with Crippen molar-refractivity contribution in [3.63, 3.8) is 0 Å². The number of methoxy groups -OCH3 is 1. The van der Waals surface area contributed by atoms with Crippen molar-refractivity contribution in [2.75, 3.05) is 38.2 Å². The Hall–Kier alpha value is -4.51. The van der Waals surface area contributed by atoms with E-state index in [0.717, 1.165) is 22.7 Å². The van der Waals surface area contributed by atoms with Crippen LogP contribution in [-0.2, 0) is 11.2 Å². The minimum absolute atomic E-state index is 0.0369. The van der Waals surface area contributed by atoms with Gasteiger partial charge in [0, 0.05) is 42.9 Å². The summed E-state index contributed by atoms with van der Waals surface area (Å²) in [6, 6.07) is 14.2. The highest BCUT2D eigenvalue weighted by Gasteiger charge is 2.25. The van der Waals surface area contributed by atoms with E-state index in [2.05, 4.69) is 15.0 Å². The van der Waals surface area contributed by atoms with Crippen LogP contribution in [0.3, 0.4) is 0 Å². The van der Waals surface area contributed by atoms with Gasteiger partial charge in [0.15, 0.2) is 4.96 Å². The Morgan fingerprint density at radius 1 is 1.02 bits per heavy atom. The van der Waals surface area contributed by atoms with Gasteiger partial charge >= 0.3 is 0 Å². The number of anilines is 1.